The highest BCUT2D eigenvalue weighted by Gasteiger charge is 2.46. The number of hydrogen-bond donors (Lipinski definition) is 1. The number of carbonyl (C=O) groups excluding carboxylic acids is 1. The summed E-state index contributed by atoms with van der Waals surface area (Å²) in [6.45, 7) is 1.36. The largest absolute Gasteiger partial charge is 0.342 e. The zero-order valence-corrected chi connectivity index (χ0v) is 17.6. The lowest BCUT2D eigenvalue weighted by atomic mass is 10.1. The van der Waals surface area contributed by atoms with Crippen LogP contribution in [0.3, 0.4) is 0 Å². The van der Waals surface area contributed by atoms with Gasteiger partial charge in [-0.25, -0.2) is 13.1 Å². The van der Waals surface area contributed by atoms with Crippen molar-refractivity contribution < 1.29 is 13.2 Å². The molecule has 0 bridgehead atoms. The maximum absolute atomic E-state index is 13.0. The van der Waals surface area contributed by atoms with E-state index in [-0.39, 0.29) is 17.9 Å². The monoisotopic (exact) mass is 418 g/mol. The van der Waals surface area contributed by atoms with Crippen LogP contribution in [-0.4, -0.2) is 44.6 Å². The Kier molecular flexibility index (Phi) is 5.58. The predicted molar refractivity (Wildman–Crippen MR) is 113 cm³/mol. The minimum absolute atomic E-state index is 0.0615. The third-order valence-corrected chi connectivity index (χ3v) is 7.45. The fourth-order valence-electron chi connectivity index (χ4n) is 4.08. The van der Waals surface area contributed by atoms with Gasteiger partial charge in [0.15, 0.2) is 0 Å². The Morgan fingerprint density at radius 1 is 1.14 bits per heavy atom. The number of nitrogens with one attached hydrogen (secondary N) is 1. The van der Waals surface area contributed by atoms with Crippen molar-refractivity contribution in [2.24, 2.45) is 5.92 Å². The van der Waals surface area contributed by atoms with Gasteiger partial charge in [0.2, 0.25) is 15.9 Å². The van der Waals surface area contributed by atoms with Crippen LogP contribution in [0, 0.1) is 5.92 Å². The molecule has 7 heteroatoms. The minimum Gasteiger partial charge on any atom is -0.342 e. The molecule has 5 nitrogen and oxygen atoms in total. The molecule has 1 N–H and O–H groups in total. The number of nitrogens with zero attached hydrogens (tertiary/aromatic N) is 1. The van der Waals surface area contributed by atoms with Crippen molar-refractivity contribution >= 4 is 27.3 Å². The van der Waals surface area contributed by atoms with Crippen molar-refractivity contribution in [3.63, 3.8) is 0 Å². The van der Waals surface area contributed by atoms with E-state index in [2.05, 4.69) is 28.3 Å². The first-order valence-corrected chi connectivity index (χ1v) is 12.6. The first-order chi connectivity index (χ1) is 13.4. The maximum Gasteiger partial charge on any atom is 0.226 e. The van der Waals surface area contributed by atoms with Crippen molar-refractivity contribution in [3.8, 4) is 11.1 Å². The summed E-state index contributed by atoms with van der Waals surface area (Å²) in [6, 6.07) is 12.5. The highest BCUT2D eigenvalue weighted by Crippen LogP contribution is 2.51. The Balaban J connectivity index is 1.35. The van der Waals surface area contributed by atoms with Gasteiger partial charge in [-0.15, -0.1) is 11.3 Å². The summed E-state index contributed by atoms with van der Waals surface area (Å²) in [5.41, 5.74) is 2.44. The summed E-state index contributed by atoms with van der Waals surface area (Å²) in [5, 5.41) is 2.18. The number of benzene rings is 1. The van der Waals surface area contributed by atoms with Crippen LogP contribution in [0.25, 0.3) is 11.1 Å². The van der Waals surface area contributed by atoms with Gasteiger partial charge in [0, 0.05) is 35.8 Å². The average Bonchev–Trinajstić information content (AvgIpc) is 3.37. The molecule has 3 unspecified atom stereocenters. The third kappa shape index (κ3) is 4.64. The molecule has 2 aliphatic rings. The van der Waals surface area contributed by atoms with E-state index in [1.54, 1.807) is 11.3 Å². The Labute approximate surface area is 170 Å². The molecule has 4 rings (SSSR count). The van der Waals surface area contributed by atoms with Crippen molar-refractivity contribution in [2.45, 2.75) is 37.6 Å². The molecule has 1 aliphatic carbocycles. The van der Waals surface area contributed by atoms with Gasteiger partial charge in [0.05, 0.1) is 6.26 Å². The summed E-state index contributed by atoms with van der Waals surface area (Å²) in [5.74, 6) is 0.657. The molecule has 1 saturated carbocycles. The van der Waals surface area contributed by atoms with E-state index in [0.29, 0.717) is 18.9 Å². The molecule has 0 radical (unpaired) electrons. The van der Waals surface area contributed by atoms with Crippen molar-refractivity contribution in [2.75, 3.05) is 19.3 Å². The van der Waals surface area contributed by atoms with Gasteiger partial charge in [0.25, 0.3) is 0 Å². The molecule has 1 aromatic carbocycles. The van der Waals surface area contributed by atoms with Gasteiger partial charge in [-0.05, 0) is 48.3 Å². The third-order valence-electron chi connectivity index (χ3n) is 5.62. The average molecular weight is 419 g/mol. The molecule has 150 valence electrons. The topological polar surface area (TPSA) is 66.5 Å². The number of likely N-dealkylation sites (tertiary alicyclic amines) is 1. The first kappa shape index (κ1) is 19.6. The lowest BCUT2D eigenvalue weighted by Crippen LogP contribution is -2.36. The Morgan fingerprint density at radius 3 is 2.68 bits per heavy atom. The van der Waals surface area contributed by atoms with E-state index in [9.17, 15) is 13.2 Å². The SMILES string of the molecule is CS(=O)(=O)NC1CCCN(C(=O)C2CC2c2cc(-c3ccccc3)cs2)CC1. The van der Waals surface area contributed by atoms with Crippen molar-refractivity contribution in [1.82, 2.24) is 9.62 Å². The Bertz CT molecular complexity index is 940. The van der Waals surface area contributed by atoms with Gasteiger partial charge in [-0.1, -0.05) is 30.3 Å². The molecule has 28 heavy (non-hydrogen) atoms. The van der Waals surface area contributed by atoms with Crippen molar-refractivity contribution in [3.05, 3.63) is 46.7 Å². The molecule has 0 spiro atoms. The molecule has 2 heterocycles. The number of rotatable bonds is 5. The van der Waals surface area contributed by atoms with Crippen molar-refractivity contribution in [1.29, 1.82) is 0 Å². The van der Waals surface area contributed by atoms with E-state index >= 15 is 0 Å². The van der Waals surface area contributed by atoms with E-state index < -0.39 is 10.0 Å². The van der Waals surface area contributed by atoms with E-state index in [1.807, 2.05) is 23.1 Å². The normalized spacial score (nSPS) is 25.3. The number of thiophene rings is 1. The first-order valence-electron chi connectivity index (χ1n) is 9.80. The smallest absolute Gasteiger partial charge is 0.226 e. The number of sulfonamides is 1. The highest BCUT2D eigenvalue weighted by molar-refractivity contribution is 7.88. The molecular weight excluding hydrogens is 392 g/mol. The Hall–Kier alpha value is -1.70. The summed E-state index contributed by atoms with van der Waals surface area (Å²) in [6.07, 6.45) is 4.44. The van der Waals surface area contributed by atoms with Crippen LogP contribution in [0.1, 0.15) is 36.5 Å². The van der Waals surface area contributed by atoms with Gasteiger partial charge >= 0.3 is 0 Å². The maximum atomic E-state index is 13.0. The molecule has 2 fully saturated rings. The number of hydrogen-bond acceptors (Lipinski definition) is 4. The van der Waals surface area contributed by atoms with Crippen LogP contribution in [0.5, 0.6) is 0 Å². The molecule has 3 atom stereocenters. The zero-order valence-electron chi connectivity index (χ0n) is 16.0. The fourth-order valence-corrected chi connectivity index (χ4v) is 6.02. The van der Waals surface area contributed by atoms with E-state index in [4.69, 9.17) is 0 Å². The van der Waals surface area contributed by atoms with Gasteiger partial charge in [-0.2, -0.15) is 0 Å². The summed E-state index contributed by atoms with van der Waals surface area (Å²) in [7, 11) is -3.20. The lowest BCUT2D eigenvalue weighted by molar-refractivity contribution is -0.132. The van der Waals surface area contributed by atoms with Crippen LogP contribution < -0.4 is 4.72 Å². The van der Waals surface area contributed by atoms with E-state index in [0.717, 1.165) is 25.8 Å². The highest BCUT2D eigenvalue weighted by atomic mass is 32.2. The standard InChI is InChI=1S/C21H26N2O3S2/c1-28(25,26)22-17-8-5-10-23(11-9-17)21(24)19-13-18(19)20-12-16(14-27-20)15-6-3-2-4-7-15/h2-4,6-7,12,14,17-19,22H,5,8-11,13H2,1H3. The molecule has 2 aromatic rings. The molecular formula is C21H26N2O3S2. The summed E-state index contributed by atoms with van der Waals surface area (Å²) in [4.78, 5) is 16.2. The van der Waals surface area contributed by atoms with Crippen LogP contribution in [0.15, 0.2) is 41.8 Å². The summed E-state index contributed by atoms with van der Waals surface area (Å²) < 4.78 is 25.6. The molecule has 1 aliphatic heterocycles. The second kappa shape index (κ2) is 7.97. The minimum atomic E-state index is -3.20. The second-order valence-corrected chi connectivity index (χ2v) is 10.6. The number of amides is 1. The quantitative estimate of drug-likeness (QED) is 0.809. The van der Waals surface area contributed by atoms with Gasteiger partial charge in [-0.3, -0.25) is 4.79 Å². The van der Waals surface area contributed by atoms with Crippen LogP contribution in [0.4, 0.5) is 0 Å². The number of carbonyl (C=O) groups is 1. The van der Waals surface area contributed by atoms with Crippen LogP contribution in [0.2, 0.25) is 0 Å². The van der Waals surface area contributed by atoms with Crippen LogP contribution in [-0.2, 0) is 14.8 Å². The molecule has 1 aromatic heterocycles. The fraction of sp³-hybridized carbons (Fsp3) is 0.476. The van der Waals surface area contributed by atoms with Gasteiger partial charge in [0.1, 0.15) is 0 Å². The van der Waals surface area contributed by atoms with Crippen LogP contribution >= 0.6 is 11.3 Å². The van der Waals surface area contributed by atoms with Gasteiger partial charge < -0.3 is 4.90 Å². The molecule has 1 amide bonds. The predicted octanol–water partition coefficient (Wildman–Crippen LogP) is 3.45. The van der Waals surface area contributed by atoms with E-state index in [1.165, 1.54) is 22.3 Å². The zero-order chi connectivity index (χ0) is 19.7. The lowest BCUT2D eigenvalue weighted by Gasteiger charge is -2.21. The second-order valence-electron chi connectivity index (χ2n) is 7.90. The Morgan fingerprint density at radius 2 is 1.93 bits per heavy atom. The molecule has 1 saturated heterocycles. The summed E-state index contributed by atoms with van der Waals surface area (Å²) >= 11 is 1.75.